The highest BCUT2D eigenvalue weighted by Crippen LogP contribution is 2.34. The van der Waals surface area contributed by atoms with Crippen LogP contribution >= 0.6 is 11.8 Å². The van der Waals surface area contributed by atoms with Crippen LogP contribution in [0.15, 0.2) is 47.4 Å². The lowest BCUT2D eigenvalue weighted by atomic mass is 10.2. The second-order valence-corrected chi connectivity index (χ2v) is 7.52. The number of fused-ring (bicyclic) bond motifs is 1. The Morgan fingerprint density at radius 3 is 2.74 bits per heavy atom. The molecule has 0 saturated carbocycles. The van der Waals surface area contributed by atoms with E-state index < -0.39 is 22.9 Å². The first kappa shape index (κ1) is 22.1. The SMILES string of the molecule is COc1ccc([N+](=O)[O-])cc1NC(=O)C(C)OC(=O)CN1C(=O)CSc2ccccc21. The molecule has 0 aliphatic carbocycles. The molecule has 1 aliphatic rings. The van der Waals surface area contributed by atoms with E-state index in [4.69, 9.17) is 9.47 Å². The molecular weight excluding hydrogens is 426 g/mol. The molecule has 3 rings (SSSR count). The van der Waals surface area contributed by atoms with Crippen molar-refractivity contribution in [3.05, 3.63) is 52.6 Å². The van der Waals surface area contributed by atoms with Crippen molar-refractivity contribution in [3.63, 3.8) is 0 Å². The van der Waals surface area contributed by atoms with Crippen molar-refractivity contribution in [3.8, 4) is 5.75 Å². The number of nitro benzene ring substituents is 1. The lowest BCUT2D eigenvalue weighted by molar-refractivity contribution is -0.384. The normalized spacial score (nSPS) is 13.7. The number of para-hydroxylation sites is 1. The highest BCUT2D eigenvalue weighted by atomic mass is 32.2. The van der Waals surface area contributed by atoms with Crippen LogP contribution < -0.4 is 15.0 Å². The Morgan fingerprint density at radius 1 is 1.29 bits per heavy atom. The van der Waals surface area contributed by atoms with Crippen molar-refractivity contribution in [2.24, 2.45) is 0 Å². The van der Waals surface area contributed by atoms with Crippen LogP contribution in [0.3, 0.4) is 0 Å². The fourth-order valence-corrected chi connectivity index (χ4v) is 3.82. The van der Waals surface area contributed by atoms with Crippen LogP contribution in [0.5, 0.6) is 5.75 Å². The summed E-state index contributed by atoms with van der Waals surface area (Å²) in [7, 11) is 1.35. The predicted octanol–water partition coefficient (Wildman–Crippen LogP) is 2.61. The highest BCUT2D eigenvalue weighted by molar-refractivity contribution is 8.00. The zero-order chi connectivity index (χ0) is 22.5. The second-order valence-electron chi connectivity index (χ2n) is 6.50. The summed E-state index contributed by atoms with van der Waals surface area (Å²) in [6.07, 6.45) is -1.21. The van der Waals surface area contributed by atoms with Gasteiger partial charge >= 0.3 is 5.97 Å². The standard InChI is InChI=1S/C20H19N3O7S/c1-12(20(26)21-14-9-13(23(27)28)7-8-16(14)29-2)30-19(25)10-22-15-5-3-4-6-17(15)31-11-18(22)24/h3-9,12H,10-11H2,1-2H3,(H,21,26). The lowest BCUT2D eigenvalue weighted by Gasteiger charge is -2.28. The molecule has 162 valence electrons. The number of hydrogen-bond donors (Lipinski definition) is 1. The zero-order valence-corrected chi connectivity index (χ0v) is 17.5. The lowest BCUT2D eigenvalue weighted by Crippen LogP contribution is -2.41. The molecule has 2 aromatic carbocycles. The molecule has 0 bridgehead atoms. The number of non-ortho nitro benzene ring substituents is 1. The minimum absolute atomic E-state index is 0.0711. The molecule has 0 spiro atoms. The van der Waals surface area contributed by atoms with E-state index in [1.165, 1.54) is 42.8 Å². The molecule has 10 nitrogen and oxygen atoms in total. The van der Waals surface area contributed by atoms with E-state index >= 15 is 0 Å². The van der Waals surface area contributed by atoms with E-state index in [1.807, 2.05) is 12.1 Å². The van der Waals surface area contributed by atoms with Gasteiger partial charge in [-0.2, -0.15) is 0 Å². The number of nitrogens with zero attached hydrogens (tertiary/aromatic N) is 2. The first-order valence-corrected chi connectivity index (χ1v) is 10.1. The van der Waals surface area contributed by atoms with Crippen molar-refractivity contribution >= 4 is 46.6 Å². The Kier molecular flexibility index (Phi) is 6.75. The molecule has 2 aromatic rings. The van der Waals surface area contributed by atoms with Crippen LogP contribution in [-0.2, 0) is 19.1 Å². The first-order valence-electron chi connectivity index (χ1n) is 9.15. The fraction of sp³-hybridized carbons (Fsp3) is 0.250. The van der Waals surface area contributed by atoms with E-state index in [-0.39, 0.29) is 35.3 Å². The smallest absolute Gasteiger partial charge is 0.326 e. The molecule has 1 N–H and O–H groups in total. The number of ether oxygens (including phenoxy) is 2. The zero-order valence-electron chi connectivity index (χ0n) is 16.7. The first-order chi connectivity index (χ1) is 14.8. The average Bonchev–Trinajstić information content (AvgIpc) is 2.75. The monoisotopic (exact) mass is 445 g/mol. The maximum Gasteiger partial charge on any atom is 0.326 e. The number of thioether (sulfide) groups is 1. The number of methoxy groups -OCH3 is 1. The quantitative estimate of drug-likeness (QED) is 0.391. The maximum atomic E-state index is 12.5. The van der Waals surface area contributed by atoms with Gasteiger partial charge in [-0.1, -0.05) is 12.1 Å². The van der Waals surface area contributed by atoms with Crippen molar-refractivity contribution in [1.82, 2.24) is 0 Å². The van der Waals surface area contributed by atoms with Gasteiger partial charge in [-0.05, 0) is 25.1 Å². The van der Waals surface area contributed by atoms with Crippen molar-refractivity contribution < 1.29 is 28.8 Å². The molecular formula is C20H19N3O7S. The summed E-state index contributed by atoms with van der Waals surface area (Å²) >= 11 is 1.39. The summed E-state index contributed by atoms with van der Waals surface area (Å²) in [6.45, 7) is 1.02. The number of carbonyl (C=O) groups excluding carboxylic acids is 3. The number of benzene rings is 2. The number of rotatable bonds is 7. The number of anilines is 2. The third-order valence-corrected chi connectivity index (χ3v) is 5.47. The van der Waals surface area contributed by atoms with Gasteiger partial charge in [0.15, 0.2) is 6.10 Å². The number of nitro groups is 1. The van der Waals surface area contributed by atoms with Gasteiger partial charge in [0.1, 0.15) is 12.3 Å². The van der Waals surface area contributed by atoms with Gasteiger partial charge in [0.25, 0.3) is 11.6 Å². The Labute approximate surface area is 181 Å². The van der Waals surface area contributed by atoms with E-state index in [0.717, 1.165) is 11.0 Å². The van der Waals surface area contributed by atoms with Gasteiger partial charge < -0.3 is 14.8 Å². The molecule has 1 unspecified atom stereocenters. The van der Waals surface area contributed by atoms with Gasteiger partial charge in [-0.15, -0.1) is 11.8 Å². The summed E-state index contributed by atoms with van der Waals surface area (Å²) in [5.74, 6) is -1.28. The third kappa shape index (κ3) is 5.12. The van der Waals surface area contributed by atoms with Crippen LogP contribution in [0.1, 0.15) is 6.92 Å². The molecule has 0 radical (unpaired) electrons. The molecule has 0 fully saturated rings. The van der Waals surface area contributed by atoms with Gasteiger partial charge in [0.05, 0.1) is 29.2 Å². The van der Waals surface area contributed by atoms with Crippen LogP contribution in [0.2, 0.25) is 0 Å². The molecule has 0 saturated heterocycles. The summed E-state index contributed by atoms with van der Waals surface area (Å²) in [6, 6.07) is 10.9. The van der Waals surface area contributed by atoms with Crippen LogP contribution in [-0.4, -0.2) is 48.2 Å². The van der Waals surface area contributed by atoms with Gasteiger partial charge in [-0.25, -0.2) is 0 Å². The molecule has 0 aromatic heterocycles. The molecule has 31 heavy (non-hydrogen) atoms. The number of esters is 1. The summed E-state index contributed by atoms with van der Waals surface area (Å²) < 4.78 is 10.3. The number of hydrogen-bond acceptors (Lipinski definition) is 8. The largest absolute Gasteiger partial charge is 0.495 e. The van der Waals surface area contributed by atoms with Gasteiger partial charge in [0.2, 0.25) is 5.91 Å². The highest BCUT2D eigenvalue weighted by Gasteiger charge is 2.28. The fourth-order valence-electron chi connectivity index (χ4n) is 2.89. The number of nitrogens with one attached hydrogen (secondary N) is 1. The van der Waals surface area contributed by atoms with Crippen LogP contribution in [0.4, 0.5) is 17.1 Å². The Hall–Kier alpha value is -3.60. The average molecular weight is 445 g/mol. The summed E-state index contributed by atoms with van der Waals surface area (Å²) in [5, 5.41) is 13.4. The van der Waals surface area contributed by atoms with Crippen molar-refractivity contribution in [2.75, 3.05) is 29.6 Å². The van der Waals surface area contributed by atoms with Crippen LogP contribution in [0.25, 0.3) is 0 Å². The Balaban J connectivity index is 1.65. The topological polar surface area (TPSA) is 128 Å². The number of carbonyl (C=O) groups is 3. The molecule has 1 heterocycles. The predicted molar refractivity (Wildman–Crippen MR) is 113 cm³/mol. The van der Waals surface area contributed by atoms with Gasteiger partial charge in [-0.3, -0.25) is 29.4 Å². The summed E-state index contributed by atoms with van der Waals surface area (Å²) in [4.78, 5) is 49.7. The van der Waals surface area contributed by atoms with E-state index in [1.54, 1.807) is 12.1 Å². The minimum Gasteiger partial charge on any atom is -0.495 e. The molecule has 1 atom stereocenters. The van der Waals surface area contributed by atoms with E-state index in [0.29, 0.717) is 5.69 Å². The van der Waals surface area contributed by atoms with E-state index in [2.05, 4.69) is 5.32 Å². The maximum absolute atomic E-state index is 12.5. The van der Waals surface area contributed by atoms with Gasteiger partial charge in [0, 0.05) is 17.0 Å². The van der Waals surface area contributed by atoms with Crippen LogP contribution in [0, 0.1) is 10.1 Å². The molecule has 2 amide bonds. The third-order valence-electron chi connectivity index (χ3n) is 4.42. The van der Waals surface area contributed by atoms with Crippen molar-refractivity contribution in [1.29, 1.82) is 0 Å². The Morgan fingerprint density at radius 2 is 2.03 bits per heavy atom. The molecule has 1 aliphatic heterocycles. The van der Waals surface area contributed by atoms with Crippen molar-refractivity contribution in [2.45, 2.75) is 17.9 Å². The van der Waals surface area contributed by atoms with E-state index in [9.17, 15) is 24.5 Å². The Bertz CT molecular complexity index is 1040. The summed E-state index contributed by atoms with van der Waals surface area (Å²) in [5.41, 5.74) is 0.446. The minimum atomic E-state index is -1.21. The second kappa shape index (κ2) is 9.47. The number of amides is 2. The molecule has 11 heteroatoms.